The molecule has 0 saturated carbocycles. The van der Waals surface area contributed by atoms with E-state index in [1.165, 1.54) is 0 Å². The fourth-order valence-corrected chi connectivity index (χ4v) is 1.77. The minimum absolute atomic E-state index is 0.227. The standard InChI is InChI=1S/C16H24N2O4/c1-11(17-15(21)22-16(2,3)4)14(20)18-13(10-19)12-8-6-5-7-9-12/h5-9,11,13,19H,10H2,1-4H3,(H,17,21)(H,18,20)/t11-,13-/m0/s1. The third-order valence-corrected chi connectivity index (χ3v) is 2.83. The summed E-state index contributed by atoms with van der Waals surface area (Å²) >= 11 is 0. The predicted octanol–water partition coefficient (Wildman–Crippen LogP) is 1.75. The van der Waals surface area contributed by atoms with Crippen LogP contribution in [-0.4, -0.2) is 35.4 Å². The van der Waals surface area contributed by atoms with Crippen LogP contribution in [-0.2, 0) is 9.53 Å². The second kappa shape index (κ2) is 7.79. The number of carbonyl (C=O) groups is 2. The highest BCUT2D eigenvalue weighted by molar-refractivity contribution is 5.85. The van der Waals surface area contributed by atoms with Gasteiger partial charge in [0.25, 0.3) is 0 Å². The maximum atomic E-state index is 12.1. The fraction of sp³-hybridized carbons (Fsp3) is 0.500. The zero-order chi connectivity index (χ0) is 16.8. The molecule has 0 heterocycles. The van der Waals surface area contributed by atoms with Crippen LogP contribution in [0.15, 0.2) is 30.3 Å². The summed E-state index contributed by atoms with van der Waals surface area (Å²) in [5.74, 6) is -0.395. The van der Waals surface area contributed by atoms with Gasteiger partial charge in [0.1, 0.15) is 11.6 Å². The summed E-state index contributed by atoms with van der Waals surface area (Å²) in [6, 6.07) is 7.84. The van der Waals surface area contributed by atoms with Crippen LogP contribution >= 0.6 is 0 Å². The quantitative estimate of drug-likeness (QED) is 0.773. The second-order valence-corrected chi connectivity index (χ2v) is 6.02. The fourth-order valence-electron chi connectivity index (χ4n) is 1.77. The monoisotopic (exact) mass is 308 g/mol. The molecule has 122 valence electrons. The zero-order valence-electron chi connectivity index (χ0n) is 13.4. The number of rotatable bonds is 5. The second-order valence-electron chi connectivity index (χ2n) is 6.02. The van der Waals surface area contributed by atoms with E-state index < -0.39 is 29.7 Å². The summed E-state index contributed by atoms with van der Waals surface area (Å²) in [6.07, 6.45) is -0.657. The molecule has 0 bridgehead atoms. The third kappa shape index (κ3) is 6.13. The van der Waals surface area contributed by atoms with Gasteiger partial charge in [0.2, 0.25) is 5.91 Å². The van der Waals surface area contributed by atoms with Crippen molar-refractivity contribution in [2.24, 2.45) is 0 Å². The van der Waals surface area contributed by atoms with Gasteiger partial charge in [-0.25, -0.2) is 4.79 Å². The molecule has 2 atom stereocenters. The Kier molecular flexibility index (Phi) is 6.37. The summed E-state index contributed by atoms with van der Waals surface area (Å²) in [4.78, 5) is 23.7. The number of carbonyl (C=O) groups excluding carboxylic acids is 2. The van der Waals surface area contributed by atoms with Gasteiger partial charge in [0.05, 0.1) is 12.6 Å². The SMILES string of the molecule is C[C@H](NC(=O)OC(C)(C)C)C(=O)N[C@@H](CO)c1ccccc1. The first-order valence-corrected chi connectivity index (χ1v) is 7.18. The minimum Gasteiger partial charge on any atom is -0.444 e. The van der Waals surface area contributed by atoms with E-state index in [4.69, 9.17) is 4.74 Å². The van der Waals surface area contributed by atoms with Crippen molar-refractivity contribution in [2.75, 3.05) is 6.61 Å². The van der Waals surface area contributed by atoms with Crippen LogP contribution in [0.3, 0.4) is 0 Å². The van der Waals surface area contributed by atoms with Crippen molar-refractivity contribution in [3.8, 4) is 0 Å². The largest absolute Gasteiger partial charge is 0.444 e. The molecule has 0 aromatic heterocycles. The molecule has 3 N–H and O–H groups in total. The number of amides is 2. The summed E-state index contributed by atoms with van der Waals surface area (Å²) in [7, 11) is 0. The molecular formula is C16H24N2O4. The van der Waals surface area contributed by atoms with Crippen LogP contribution in [0.25, 0.3) is 0 Å². The number of benzene rings is 1. The van der Waals surface area contributed by atoms with Gasteiger partial charge < -0.3 is 20.5 Å². The molecule has 22 heavy (non-hydrogen) atoms. The van der Waals surface area contributed by atoms with Gasteiger partial charge in [-0.15, -0.1) is 0 Å². The number of ether oxygens (including phenoxy) is 1. The molecule has 6 heteroatoms. The van der Waals surface area contributed by atoms with Crippen LogP contribution in [0.2, 0.25) is 0 Å². The van der Waals surface area contributed by atoms with E-state index in [0.29, 0.717) is 0 Å². The Morgan fingerprint density at radius 1 is 1.18 bits per heavy atom. The molecule has 0 spiro atoms. The van der Waals surface area contributed by atoms with E-state index in [-0.39, 0.29) is 6.61 Å². The van der Waals surface area contributed by atoms with Crippen molar-refractivity contribution in [2.45, 2.75) is 45.4 Å². The van der Waals surface area contributed by atoms with Crippen molar-refractivity contribution < 1.29 is 19.4 Å². The number of hydrogen-bond donors (Lipinski definition) is 3. The van der Waals surface area contributed by atoms with Crippen LogP contribution in [0.4, 0.5) is 4.79 Å². The van der Waals surface area contributed by atoms with Crippen LogP contribution in [0.5, 0.6) is 0 Å². The Morgan fingerprint density at radius 2 is 1.77 bits per heavy atom. The lowest BCUT2D eigenvalue weighted by Gasteiger charge is -2.23. The first-order chi connectivity index (χ1) is 10.2. The smallest absolute Gasteiger partial charge is 0.408 e. The van der Waals surface area contributed by atoms with Gasteiger partial charge >= 0.3 is 6.09 Å². The Morgan fingerprint density at radius 3 is 2.27 bits per heavy atom. The Hall–Kier alpha value is -2.08. The molecule has 1 rings (SSSR count). The highest BCUT2D eigenvalue weighted by atomic mass is 16.6. The van der Waals surface area contributed by atoms with Gasteiger partial charge in [0, 0.05) is 0 Å². The molecule has 0 unspecified atom stereocenters. The molecule has 0 aliphatic heterocycles. The van der Waals surface area contributed by atoms with Gasteiger partial charge in [-0.05, 0) is 33.3 Å². The van der Waals surface area contributed by atoms with Gasteiger partial charge in [-0.1, -0.05) is 30.3 Å². The molecule has 0 fully saturated rings. The van der Waals surface area contributed by atoms with E-state index >= 15 is 0 Å². The summed E-state index contributed by atoms with van der Waals surface area (Å²) < 4.78 is 5.10. The molecule has 1 aromatic rings. The summed E-state index contributed by atoms with van der Waals surface area (Å²) in [6.45, 7) is 6.56. The van der Waals surface area contributed by atoms with E-state index in [2.05, 4.69) is 10.6 Å². The van der Waals surface area contributed by atoms with Crippen molar-refractivity contribution in [3.05, 3.63) is 35.9 Å². The van der Waals surface area contributed by atoms with E-state index in [1.807, 2.05) is 30.3 Å². The Balaban J connectivity index is 2.58. The van der Waals surface area contributed by atoms with Crippen molar-refractivity contribution >= 4 is 12.0 Å². The van der Waals surface area contributed by atoms with E-state index in [9.17, 15) is 14.7 Å². The van der Waals surface area contributed by atoms with Gasteiger partial charge in [-0.2, -0.15) is 0 Å². The zero-order valence-corrected chi connectivity index (χ0v) is 13.4. The number of aliphatic hydroxyl groups is 1. The number of alkyl carbamates (subject to hydrolysis) is 1. The van der Waals surface area contributed by atoms with Crippen LogP contribution < -0.4 is 10.6 Å². The summed E-state index contributed by atoms with van der Waals surface area (Å²) in [5, 5.41) is 14.6. The number of nitrogens with one attached hydrogen (secondary N) is 2. The molecule has 6 nitrogen and oxygen atoms in total. The number of aliphatic hydroxyl groups excluding tert-OH is 1. The van der Waals surface area contributed by atoms with E-state index in [0.717, 1.165) is 5.56 Å². The minimum atomic E-state index is -0.771. The first kappa shape index (κ1) is 18.0. The van der Waals surface area contributed by atoms with Crippen LogP contribution in [0, 0.1) is 0 Å². The van der Waals surface area contributed by atoms with Gasteiger partial charge in [-0.3, -0.25) is 4.79 Å². The molecular weight excluding hydrogens is 284 g/mol. The molecule has 0 aliphatic carbocycles. The molecule has 0 radical (unpaired) electrons. The molecule has 0 aliphatic rings. The Labute approximate surface area is 130 Å². The highest BCUT2D eigenvalue weighted by Gasteiger charge is 2.23. The lowest BCUT2D eigenvalue weighted by Crippen LogP contribution is -2.47. The van der Waals surface area contributed by atoms with Crippen molar-refractivity contribution in [1.82, 2.24) is 10.6 Å². The normalized spacial score (nSPS) is 13.9. The van der Waals surface area contributed by atoms with Crippen LogP contribution in [0.1, 0.15) is 39.3 Å². The molecule has 2 amide bonds. The average molecular weight is 308 g/mol. The maximum Gasteiger partial charge on any atom is 0.408 e. The Bertz CT molecular complexity index is 497. The first-order valence-electron chi connectivity index (χ1n) is 7.18. The van der Waals surface area contributed by atoms with Gasteiger partial charge in [0.15, 0.2) is 0 Å². The van der Waals surface area contributed by atoms with Crippen molar-refractivity contribution in [1.29, 1.82) is 0 Å². The lowest BCUT2D eigenvalue weighted by molar-refractivity contribution is -0.123. The lowest BCUT2D eigenvalue weighted by atomic mass is 10.1. The molecule has 1 aromatic carbocycles. The average Bonchev–Trinajstić information content (AvgIpc) is 2.43. The van der Waals surface area contributed by atoms with Crippen molar-refractivity contribution in [3.63, 3.8) is 0 Å². The summed E-state index contributed by atoms with van der Waals surface area (Å²) in [5.41, 5.74) is 0.167. The van der Waals surface area contributed by atoms with E-state index in [1.54, 1.807) is 27.7 Å². The third-order valence-electron chi connectivity index (χ3n) is 2.83. The predicted molar refractivity (Wildman–Crippen MR) is 83.2 cm³/mol. The maximum absolute atomic E-state index is 12.1. The highest BCUT2D eigenvalue weighted by Crippen LogP contribution is 2.12. The topological polar surface area (TPSA) is 87.7 Å². The molecule has 0 saturated heterocycles. The number of hydrogen-bond acceptors (Lipinski definition) is 4.